The Kier molecular flexibility index (Phi) is 4.55. The second-order valence-corrected chi connectivity index (χ2v) is 4.29. The Hall–Kier alpha value is -2.83. The van der Waals surface area contributed by atoms with Crippen molar-refractivity contribution in [3.63, 3.8) is 0 Å². The number of amides is 1. The summed E-state index contributed by atoms with van der Waals surface area (Å²) < 4.78 is 13.5. The van der Waals surface area contributed by atoms with Crippen LogP contribution in [0.1, 0.15) is 15.9 Å². The molecule has 0 bridgehead atoms. The number of pyridine rings is 1. The zero-order valence-electron chi connectivity index (χ0n) is 11.0. The molecule has 0 saturated heterocycles. The molecule has 108 valence electrons. The molecule has 1 aromatic carbocycles. The third kappa shape index (κ3) is 3.82. The fourth-order valence-electron chi connectivity index (χ4n) is 1.76. The van der Waals surface area contributed by atoms with E-state index in [1.54, 1.807) is 18.5 Å². The molecule has 1 heterocycles. The Labute approximate surface area is 119 Å². The number of hydrogen-bond donors (Lipinski definition) is 1. The van der Waals surface area contributed by atoms with Gasteiger partial charge in [-0.2, -0.15) is 0 Å². The molecule has 6 nitrogen and oxygen atoms in total. The minimum atomic E-state index is -0.792. The summed E-state index contributed by atoms with van der Waals surface area (Å²) in [5, 5.41) is 13.2. The van der Waals surface area contributed by atoms with Gasteiger partial charge in [-0.1, -0.05) is 6.07 Å². The van der Waals surface area contributed by atoms with Crippen LogP contribution in [0.2, 0.25) is 0 Å². The summed E-state index contributed by atoms with van der Waals surface area (Å²) in [6, 6.07) is 6.48. The van der Waals surface area contributed by atoms with Gasteiger partial charge < -0.3 is 5.32 Å². The van der Waals surface area contributed by atoms with Crippen molar-refractivity contribution in [3.8, 4) is 0 Å². The summed E-state index contributed by atoms with van der Waals surface area (Å²) in [7, 11) is 0. The molecule has 1 aromatic heterocycles. The number of non-ortho nitro benzene ring substituents is 1. The third-order valence-corrected chi connectivity index (χ3v) is 2.83. The molecule has 0 spiro atoms. The highest BCUT2D eigenvalue weighted by atomic mass is 19.1. The van der Waals surface area contributed by atoms with Gasteiger partial charge >= 0.3 is 0 Å². The second-order valence-electron chi connectivity index (χ2n) is 4.29. The van der Waals surface area contributed by atoms with Gasteiger partial charge in [-0.25, -0.2) is 4.39 Å². The Balaban J connectivity index is 2.00. The smallest absolute Gasteiger partial charge is 0.270 e. The van der Waals surface area contributed by atoms with E-state index < -0.39 is 16.6 Å². The quantitative estimate of drug-likeness (QED) is 0.674. The zero-order valence-corrected chi connectivity index (χ0v) is 11.0. The number of hydrogen-bond acceptors (Lipinski definition) is 4. The van der Waals surface area contributed by atoms with Crippen LogP contribution in [0.5, 0.6) is 0 Å². The van der Waals surface area contributed by atoms with Crippen LogP contribution in [-0.4, -0.2) is 22.4 Å². The van der Waals surface area contributed by atoms with Crippen LogP contribution in [0.3, 0.4) is 0 Å². The van der Waals surface area contributed by atoms with Gasteiger partial charge in [0.1, 0.15) is 5.82 Å². The maximum absolute atomic E-state index is 13.5. The number of benzene rings is 1. The molecule has 0 fully saturated rings. The predicted molar refractivity (Wildman–Crippen MR) is 73.3 cm³/mol. The number of rotatable bonds is 5. The maximum Gasteiger partial charge on any atom is 0.270 e. The summed E-state index contributed by atoms with van der Waals surface area (Å²) >= 11 is 0. The third-order valence-electron chi connectivity index (χ3n) is 2.83. The van der Waals surface area contributed by atoms with Crippen molar-refractivity contribution in [2.75, 3.05) is 6.54 Å². The second kappa shape index (κ2) is 6.56. The van der Waals surface area contributed by atoms with Gasteiger partial charge in [-0.15, -0.1) is 0 Å². The molecule has 0 radical (unpaired) electrons. The molecule has 2 aromatic rings. The van der Waals surface area contributed by atoms with E-state index in [4.69, 9.17) is 0 Å². The first-order valence-electron chi connectivity index (χ1n) is 6.19. The number of nitrogens with zero attached hydrogens (tertiary/aromatic N) is 2. The van der Waals surface area contributed by atoms with Gasteiger partial charge in [0.2, 0.25) is 0 Å². The number of nitrogens with one attached hydrogen (secondary N) is 1. The standard InChI is InChI=1S/C14H12FN3O3/c15-13-4-3-11(18(20)21)8-12(13)14(19)17-7-5-10-2-1-6-16-9-10/h1-4,6,8-9H,5,7H2,(H,17,19). The average molecular weight is 289 g/mol. The molecule has 0 aliphatic rings. The molecule has 2 rings (SSSR count). The van der Waals surface area contributed by atoms with Crippen molar-refractivity contribution in [3.05, 3.63) is 69.8 Å². The minimum absolute atomic E-state index is 0.284. The largest absolute Gasteiger partial charge is 0.352 e. The Bertz CT molecular complexity index is 662. The number of aromatic nitrogens is 1. The highest BCUT2D eigenvalue weighted by molar-refractivity contribution is 5.95. The lowest BCUT2D eigenvalue weighted by atomic mass is 10.1. The van der Waals surface area contributed by atoms with Crippen molar-refractivity contribution in [1.82, 2.24) is 10.3 Å². The van der Waals surface area contributed by atoms with E-state index in [0.717, 1.165) is 23.8 Å². The first kappa shape index (κ1) is 14.6. The average Bonchev–Trinajstić information content (AvgIpc) is 2.48. The molecular formula is C14H12FN3O3. The number of carbonyl (C=O) groups excluding carboxylic acids is 1. The summed E-state index contributed by atoms with van der Waals surface area (Å²) in [6.45, 7) is 0.284. The number of nitro benzene ring substituents is 1. The fourth-order valence-corrected chi connectivity index (χ4v) is 1.76. The van der Waals surface area contributed by atoms with Crippen LogP contribution in [0.4, 0.5) is 10.1 Å². The van der Waals surface area contributed by atoms with E-state index >= 15 is 0 Å². The van der Waals surface area contributed by atoms with E-state index in [1.165, 1.54) is 0 Å². The highest BCUT2D eigenvalue weighted by Crippen LogP contribution is 2.16. The van der Waals surface area contributed by atoms with Crippen LogP contribution in [0.15, 0.2) is 42.7 Å². The van der Waals surface area contributed by atoms with Crippen molar-refractivity contribution in [1.29, 1.82) is 0 Å². The first-order chi connectivity index (χ1) is 10.1. The molecule has 0 atom stereocenters. The molecule has 0 aliphatic carbocycles. The molecule has 7 heteroatoms. The predicted octanol–water partition coefficient (Wildman–Crippen LogP) is 2.10. The molecule has 1 N–H and O–H groups in total. The topological polar surface area (TPSA) is 85.1 Å². The van der Waals surface area contributed by atoms with E-state index in [0.29, 0.717) is 6.42 Å². The first-order valence-corrected chi connectivity index (χ1v) is 6.19. The van der Waals surface area contributed by atoms with Crippen molar-refractivity contribution >= 4 is 11.6 Å². The van der Waals surface area contributed by atoms with Gasteiger partial charge in [-0.05, 0) is 24.1 Å². The van der Waals surface area contributed by atoms with E-state index in [1.807, 2.05) is 6.07 Å². The van der Waals surface area contributed by atoms with Gasteiger partial charge in [0.25, 0.3) is 11.6 Å². The Morgan fingerprint density at radius 3 is 2.86 bits per heavy atom. The van der Waals surface area contributed by atoms with Gasteiger partial charge in [0, 0.05) is 31.1 Å². The summed E-state index contributed by atoms with van der Waals surface area (Å²) in [5.41, 5.74) is 0.265. The normalized spacial score (nSPS) is 10.1. The van der Waals surface area contributed by atoms with E-state index in [2.05, 4.69) is 10.3 Å². The zero-order chi connectivity index (χ0) is 15.2. The van der Waals surface area contributed by atoms with Gasteiger partial charge in [0.05, 0.1) is 10.5 Å². The molecule has 0 aliphatic heterocycles. The van der Waals surface area contributed by atoms with Crippen molar-refractivity contribution in [2.45, 2.75) is 6.42 Å². The number of halogens is 1. The monoisotopic (exact) mass is 289 g/mol. The van der Waals surface area contributed by atoms with Gasteiger partial charge in [-0.3, -0.25) is 19.9 Å². The molecular weight excluding hydrogens is 277 g/mol. The Morgan fingerprint density at radius 2 is 2.19 bits per heavy atom. The SMILES string of the molecule is O=C(NCCc1cccnc1)c1cc([N+](=O)[O-])ccc1F. The molecule has 0 saturated carbocycles. The fraction of sp³-hybridized carbons (Fsp3) is 0.143. The lowest BCUT2D eigenvalue weighted by molar-refractivity contribution is -0.384. The molecule has 0 unspecified atom stereocenters. The summed E-state index contributed by atoms with van der Waals surface area (Å²) in [6.07, 6.45) is 3.84. The maximum atomic E-state index is 13.5. The van der Waals surface area contributed by atoms with Crippen LogP contribution in [-0.2, 0) is 6.42 Å². The number of nitro groups is 1. The minimum Gasteiger partial charge on any atom is -0.352 e. The van der Waals surface area contributed by atoms with Crippen molar-refractivity contribution in [2.24, 2.45) is 0 Å². The van der Waals surface area contributed by atoms with Crippen LogP contribution in [0.25, 0.3) is 0 Å². The summed E-state index contributed by atoms with van der Waals surface area (Å²) in [5.74, 6) is -1.47. The molecule has 21 heavy (non-hydrogen) atoms. The lowest BCUT2D eigenvalue weighted by Gasteiger charge is -2.06. The van der Waals surface area contributed by atoms with Crippen LogP contribution in [0, 0.1) is 15.9 Å². The van der Waals surface area contributed by atoms with Crippen LogP contribution >= 0.6 is 0 Å². The highest BCUT2D eigenvalue weighted by Gasteiger charge is 2.16. The van der Waals surface area contributed by atoms with Gasteiger partial charge in [0.15, 0.2) is 0 Å². The number of carbonyl (C=O) groups is 1. The summed E-state index contributed by atoms with van der Waals surface area (Å²) in [4.78, 5) is 25.7. The van der Waals surface area contributed by atoms with Crippen molar-refractivity contribution < 1.29 is 14.1 Å². The van der Waals surface area contributed by atoms with Crippen LogP contribution < -0.4 is 5.32 Å². The van der Waals surface area contributed by atoms with E-state index in [-0.39, 0.29) is 17.8 Å². The lowest BCUT2D eigenvalue weighted by Crippen LogP contribution is -2.26. The molecule has 1 amide bonds. The van der Waals surface area contributed by atoms with E-state index in [9.17, 15) is 19.3 Å². The Morgan fingerprint density at radius 1 is 1.38 bits per heavy atom.